The molecular formula is C11H9BrClNO2. The molecule has 0 atom stereocenters. The fourth-order valence-corrected chi connectivity index (χ4v) is 2.23. The lowest BCUT2D eigenvalue weighted by Crippen LogP contribution is -2.07. The Balaban J connectivity index is 3.21. The van der Waals surface area contributed by atoms with Crippen LogP contribution in [0.1, 0.15) is 16.7 Å². The quantitative estimate of drug-likeness (QED) is 0.637. The first-order valence-electron chi connectivity index (χ1n) is 4.47. The van der Waals surface area contributed by atoms with Gasteiger partial charge in [0.2, 0.25) is 0 Å². The van der Waals surface area contributed by atoms with Gasteiger partial charge in [0.15, 0.2) is 0 Å². The summed E-state index contributed by atoms with van der Waals surface area (Å²) in [6.07, 6.45) is 0.0799. The number of benzene rings is 1. The van der Waals surface area contributed by atoms with Crippen LogP contribution in [0.3, 0.4) is 0 Å². The Bertz CT molecular complexity index is 454. The zero-order chi connectivity index (χ0) is 12.1. The average Bonchev–Trinajstić information content (AvgIpc) is 2.30. The largest absolute Gasteiger partial charge is 0.469 e. The summed E-state index contributed by atoms with van der Waals surface area (Å²) in [5, 5.41) is 9.06. The topological polar surface area (TPSA) is 50.1 Å². The smallest absolute Gasteiger partial charge is 0.310 e. The summed E-state index contributed by atoms with van der Waals surface area (Å²) in [7, 11) is 1.32. The zero-order valence-corrected chi connectivity index (χ0v) is 10.9. The van der Waals surface area contributed by atoms with E-state index >= 15 is 0 Å². The molecule has 0 fully saturated rings. The molecule has 1 aromatic carbocycles. The predicted molar refractivity (Wildman–Crippen MR) is 64.1 cm³/mol. The lowest BCUT2D eigenvalue weighted by atomic mass is 10.0. The third kappa shape index (κ3) is 2.75. The fourth-order valence-electron chi connectivity index (χ4n) is 1.32. The van der Waals surface area contributed by atoms with Gasteiger partial charge in [0.05, 0.1) is 25.2 Å². The van der Waals surface area contributed by atoms with Crippen LogP contribution in [0.2, 0.25) is 0 Å². The van der Waals surface area contributed by atoms with Gasteiger partial charge in [-0.3, -0.25) is 4.79 Å². The first-order valence-corrected chi connectivity index (χ1v) is 5.80. The van der Waals surface area contributed by atoms with Gasteiger partial charge in [0.1, 0.15) is 0 Å². The molecule has 5 heteroatoms. The molecule has 0 amide bonds. The molecule has 0 heterocycles. The van der Waals surface area contributed by atoms with Crippen LogP contribution in [0.5, 0.6) is 0 Å². The molecule has 1 aromatic rings. The summed E-state index contributed by atoms with van der Waals surface area (Å²) < 4.78 is 5.34. The van der Waals surface area contributed by atoms with E-state index in [2.05, 4.69) is 26.7 Å². The van der Waals surface area contributed by atoms with Crippen LogP contribution in [0.15, 0.2) is 16.6 Å². The molecule has 3 nitrogen and oxygen atoms in total. The van der Waals surface area contributed by atoms with Gasteiger partial charge in [0, 0.05) is 10.4 Å². The molecule has 16 heavy (non-hydrogen) atoms. The summed E-state index contributed by atoms with van der Waals surface area (Å²) in [4.78, 5) is 11.2. The Morgan fingerprint density at radius 3 is 2.81 bits per heavy atom. The van der Waals surface area contributed by atoms with Crippen molar-refractivity contribution in [1.82, 2.24) is 0 Å². The number of hydrogen-bond donors (Lipinski definition) is 0. The van der Waals surface area contributed by atoms with Crippen molar-refractivity contribution in [2.45, 2.75) is 12.3 Å². The number of alkyl halides is 1. The number of ether oxygens (including phenoxy) is 1. The van der Waals surface area contributed by atoms with E-state index < -0.39 is 0 Å². The van der Waals surface area contributed by atoms with Crippen molar-refractivity contribution >= 4 is 33.5 Å². The van der Waals surface area contributed by atoms with E-state index in [1.165, 1.54) is 7.11 Å². The molecule has 0 unspecified atom stereocenters. The minimum absolute atomic E-state index is 0.0799. The molecule has 0 aromatic heterocycles. The van der Waals surface area contributed by atoms with E-state index in [1.54, 1.807) is 12.1 Å². The summed E-state index contributed by atoms with van der Waals surface area (Å²) in [6.45, 7) is 0. The van der Waals surface area contributed by atoms with Gasteiger partial charge in [-0.25, -0.2) is 0 Å². The van der Waals surface area contributed by atoms with Crippen LogP contribution in [-0.2, 0) is 21.8 Å². The van der Waals surface area contributed by atoms with Gasteiger partial charge in [-0.05, 0) is 17.2 Å². The Morgan fingerprint density at radius 1 is 1.62 bits per heavy atom. The monoisotopic (exact) mass is 301 g/mol. The minimum atomic E-state index is -0.376. The minimum Gasteiger partial charge on any atom is -0.469 e. The number of carbonyl (C=O) groups excluding carboxylic acids is 1. The number of hydrogen-bond acceptors (Lipinski definition) is 3. The molecular weight excluding hydrogens is 293 g/mol. The Kier molecular flexibility index (Phi) is 4.78. The zero-order valence-electron chi connectivity index (χ0n) is 8.59. The summed E-state index contributed by atoms with van der Waals surface area (Å²) in [5.41, 5.74) is 1.77. The number of rotatable bonds is 3. The molecule has 0 radical (unpaired) electrons. The summed E-state index contributed by atoms with van der Waals surface area (Å²) in [6, 6.07) is 5.56. The van der Waals surface area contributed by atoms with E-state index in [0.29, 0.717) is 16.7 Å². The third-order valence-corrected chi connectivity index (χ3v) is 3.16. The van der Waals surface area contributed by atoms with E-state index in [0.717, 1.165) is 4.47 Å². The maximum Gasteiger partial charge on any atom is 0.310 e. The van der Waals surface area contributed by atoms with Crippen LogP contribution in [0, 0.1) is 11.3 Å². The first-order chi connectivity index (χ1) is 7.63. The predicted octanol–water partition coefficient (Wildman–Crippen LogP) is 2.78. The Hall–Kier alpha value is -1.05. The lowest BCUT2D eigenvalue weighted by molar-refractivity contribution is -0.139. The highest BCUT2D eigenvalue weighted by Crippen LogP contribution is 2.25. The van der Waals surface area contributed by atoms with Gasteiger partial charge in [-0.2, -0.15) is 5.26 Å². The second kappa shape index (κ2) is 5.88. The van der Waals surface area contributed by atoms with Gasteiger partial charge in [0.25, 0.3) is 0 Å². The highest BCUT2D eigenvalue weighted by atomic mass is 79.9. The lowest BCUT2D eigenvalue weighted by Gasteiger charge is -2.08. The van der Waals surface area contributed by atoms with Crippen molar-refractivity contribution in [2.75, 3.05) is 7.11 Å². The molecule has 0 bridgehead atoms. The van der Waals surface area contributed by atoms with Crippen LogP contribution in [-0.4, -0.2) is 13.1 Å². The van der Waals surface area contributed by atoms with Crippen molar-refractivity contribution in [3.05, 3.63) is 33.3 Å². The van der Waals surface area contributed by atoms with E-state index in [1.807, 2.05) is 0 Å². The van der Waals surface area contributed by atoms with E-state index in [9.17, 15) is 4.79 Å². The average molecular weight is 303 g/mol. The van der Waals surface area contributed by atoms with Crippen molar-refractivity contribution in [3.63, 3.8) is 0 Å². The van der Waals surface area contributed by atoms with Crippen LogP contribution in [0.4, 0.5) is 0 Å². The maximum absolute atomic E-state index is 11.2. The second-order valence-electron chi connectivity index (χ2n) is 3.06. The van der Waals surface area contributed by atoms with Gasteiger partial charge in [-0.1, -0.05) is 22.0 Å². The molecule has 1 rings (SSSR count). The Morgan fingerprint density at radius 2 is 2.31 bits per heavy atom. The van der Waals surface area contributed by atoms with E-state index in [4.69, 9.17) is 16.9 Å². The number of nitriles is 1. The van der Waals surface area contributed by atoms with Crippen LogP contribution < -0.4 is 0 Å². The SMILES string of the molecule is COC(=O)Cc1ccc(Br)c(CCl)c1C#N. The number of nitrogens with zero attached hydrogens (tertiary/aromatic N) is 1. The van der Waals surface area contributed by atoms with Crippen molar-refractivity contribution in [1.29, 1.82) is 5.26 Å². The van der Waals surface area contributed by atoms with Gasteiger partial charge in [-0.15, -0.1) is 11.6 Å². The number of esters is 1. The molecule has 0 saturated carbocycles. The van der Waals surface area contributed by atoms with Crippen molar-refractivity contribution < 1.29 is 9.53 Å². The molecule has 0 aliphatic rings. The highest BCUT2D eigenvalue weighted by molar-refractivity contribution is 9.10. The van der Waals surface area contributed by atoms with Crippen molar-refractivity contribution in [3.8, 4) is 6.07 Å². The first kappa shape index (κ1) is 13.0. The van der Waals surface area contributed by atoms with Gasteiger partial charge < -0.3 is 4.74 Å². The molecule has 0 aliphatic heterocycles. The molecule has 0 spiro atoms. The number of methoxy groups -OCH3 is 1. The molecule has 0 saturated heterocycles. The molecule has 0 N–H and O–H groups in total. The standard InChI is InChI=1S/C11H9BrClNO2/c1-16-11(15)4-7-2-3-10(12)8(5-13)9(7)6-14/h2-3H,4-5H2,1H3. The number of halogens is 2. The van der Waals surface area contributed by atoms with Crippen LogP contribution >= 0.6 is 27.5 Å². The van der Waals surface area contributed by atoms with E-state index in [-0.39, 0.29) is 18.3 Å². The third-order valence-electron chi connectivity index (χ3n) is 2.15. The summed E-state index contributed by atoms with van der Waals surface area (Å²) >= 11 is 9.08. The molecule has 84 valence electrons. The summed E-state index contributed by atoms with van der Waals surface area (Å²) in [5.74, 6) is -0.155. The van der Waals surface area contributed by atoms with Crippen molar-refractivity contribution in [2.24, 2.45) is 0 Å². The molecule has 0 aliphatic carbocycles. The van der Waals surface area contributed by atoms with Crippen LogP contribution in [0.25, 0.3) is 0 Å². The maximum atomic E-state index is 11.2. The Labute approximate surface area is 107 Å². The highest BCUT2D eigenvalue weighted by Gasteiger charge is 2.13. The second-order valence-corrected chi connectivity index (χ2v) is 4.18. The number of carbonyl (C=O) groups is 1. The normalized spacial score (nSPS) is 9.62. The fraction of sp³-hybridized carbons (Fsp3) is 0.273. The van der Waals surface area contributed by atoms with Gasteiger partial charge >= 0.3 is 5.97 Å².